The van der Waals surface area contributed by atoms with Crippen molar-refractivity contribution in [3.8, 4) is 0 Å². The number of benzene rings is 2. The Labute approximate surface area is 166 Å². The molecule has 3 heterocycles. The summed E-state index contributed by atoms with van der Waals surface area (Å²) in [6.45, 7) is 0. The lowest BCUT2D eigenvalue weighted by molar-refractivity contribution is -0.126. The number of aromatic nitrogens is 1. The summed E-state index contributed by atoms with van der Waals surface area (Å²) in [5.41, 5.74) is 1.90. The van der Waals surface area contributed by atoms with Gasteiger partial charge >= 0.3 is 0 Å². The maximum Gasteiger partial charge on any atom is 0.266 e. The number of amides is 2. The number of carbonyl (C=O) groups excluding carboxylic acids is 2. The Kier molecular flexibility index (Phi) is 4.10. The molecule has 5 rings (SSSR count). The highest BCUT2D eigenvalue weighted by molar-refractivity contribution is 6.23. The third-order valence-corrected chi connectivity index (χ3v) is 5.26. The van der Waals surface area contributed by atoms with Crippen molar-refractivity contribution in [1.29, 1.82) is 0 Å². The van der Waals surface area contributed by atoms with Crippen LogP contribution in [-0.2, 0) is 14.4 Å². The summed E-state index contributed by atoms with van der Waals surface area (Å²) in [6.07, 6.45) is 2.33. The van der Waals surface area contributed by atoms with E-state index < -0.39 is 29.8 Å². The number of para-hydroxylation sites is 1. The fourth-order valence-electron chi connectivity index (χ4n) is 3.96. The van der Waals surface area contributed by atoms with Crippen LogP contribution in [0.4, 0.5) is 15.8 Å². The van der Waals surface area contributed by atoms with E-state index in [4.69, 9.17) is 4.84 Å². The summed E-state index contributed by atoms with van der Waals surface area (Å²) in [5.74, 6) is -1.99. The molecule has 0 aliphatic carbocycles. The number of rotatable bonds is 3. The largest absolute Gasteiger partial charge is 0.273 e. The molecule has 6 nitrogen and oxygen atoms in total. The quantitative estimate of drug-likeness (QED) is 0.644. The lowest BCUT2D eigenvalue weighted by Gasteiger charge is -2.28. The van der Waals surface area contributed by atoms with Crippen molar-refractivity contribution >= 4 is 23.2 Å². The van der Waals surface area contributed by atoms with Crippen LogP contribution in [0.5, 0.6) is 0 Å². The van der Waals surface area contributed by atoms with Gasteiger partial charge in [-0.25, -0.2) is 14.4 Å². The Balaban J connectivity index is 1.58. The maximum atomic E-state index is 13.3. The monoisotopic (exact) mass is 389 g/mol. The van der Waals surface area contributed by atoms with E-state index in [1.54, 1.807) is 17.5 Å². The molecule has 29 heavy (non-hydrogen) atoms. The second kappa shape index (κ2) is 6.79. The molecule has 0 unspecified atom stereocenters. The maximum absolute atomic E-state index is 13.3. The number of hydroxylamine groups is 1. The van der Waals surface area contributed by atoms with E-state index in [2.05, 4.69) is 4.98 Å². The number of pyridine rings is 1. The summed E-state index contributed by atoms with van der Waals surface area (Å²) in [5, 5.41) is 1.63. The topological polar surface area (TPSA) is 62.7 Å². The molecule has 0 N–H and O–H groups in total. The SMILES string of the molecule is O=C1[C@@H]2[C@@H](ON(c3ccccc3)[C@H]2c2ccncc2)C(=O)N1c1ccc(F)cc1. The predicted molar refractivity (Wildman–Crippen MR) is 103 cm³/mol. The zero-order valence-electron chi connectivity index (χ0n) is 15.2. The van der Waals surface area contributed by atoms with Gasteiger partial charge in [0, 0.05) is 12.4 Å². The van der Waals surface area contributed by atoms with Crippen molar-refractivity contribution < 1.29 is 18.8 Å². The minimum absolute atomic E-state index is 0.333. The van der Waals surface area contributed by atoms with Gasteiger partial charge < -0.3 is 0 Å². The molecule has 2 aliphatic rings. The molecule has 2 saturated heterocycles. The van der Waals surface area contributed by atoms with Gasteiger partial charge in [-0.1, -0.05) is 18.2 Å². The number of hydrogen-bond acceptors (Lipinski definition) is 5. The third-order valence-electron chi connectivity index (χ3n) is 5.26. The second-order valence-corrected chi connectivity index (χ2v) is 6.93. The van der Waals surface area contributed by atoms with E-state index in [0.29, 0.717) is 5.69 Å². The highest BCUT2D eigenvalue weighted by Gasteiger charge is 2.60. The van der Waals surface area contributed by atoms with Gasteiger partial charge in [0.15, 0.2) is 6.10 Å². The smallest absolute Gasteiger partial charge is 0.266 e. The summed E-state index contributed by atoms with van der Waals surface area (Å²) in [6, 6.07) is 17.8. The van der Waals surface area contributed by atoms with E-state index in [-0.39, 0.29) is 5.91 Å². The molecular formula is C22H16FN3O3. The number of hydrogen-bond donors (Lipinski definition) is 0. The van der Waals surface area contributed by atoms with Crippen molar-refractivity contribution in [3.63, 3.8) is 0 Å². The van der Waals surface area contributed by atoms with E-state index >= 15 is 0 Å². The van der Waals surface area contributed by atoms with Gasteiger partial charge in [0.2, 0.25) is 5.91 Å². The Morgan fingerprint density at radius 3 is 2.21 bits per heavy atom. The number of nitrogens with zero attached hydrogens (tertiary/aromatic N) is 3. The number of anilines is 2. The average Bonchev–Trinajstić information content (AvgIpc) is 3.27. The van der Waals surface area contributed by atoms with Crippen LogP contribution in [0.2, 0.25) is 0 Å². The number of carbonyl (C=O) groups is 2. The van der Waals surface area contributed by atoms with Crippen molar-refractivity contribution in [2.24, 2.45) is 5.92 Å². The minimum atomic E-state index is -0.953. The van der Waals surface area contributed by atoms with E-state index in [9.17, 15) is 14.0 Å². The molecule has 0 spiro atoms. The first-order valence-corrected chi connectivity index (χ1v) is 9.19. The first kappa shape index (κ1) is 17.5. The molecule has 2 amide bonds. The highest BCUT2D eigenvalue weighted by Crippen LogP contribution is 2.47. The highest BCUT2D eigenvalue weighted by atomic mass is 19.1. The zero-order chi connectivity index (χ0) is 20.0. The minimum Gasteiger partial charge on any atom is -0.273 e. The molecular weight excluding hydrogens is 373 g/mol. The molecule has 0 radical (unpaired) electrons. The lowest BCUT2D eigenvalue weighted by Crippen LogP contribution is -2.37. The standard InChI is InChI=1S/C22H16FN3O3/c23-15-6-8-16(9-7-15)25-21(27)18-19(14-10-12-24-13-11-14)26(29-20(18)22(25)28)17-4-2-1-3-5-17/h1-13,18-20H/t18-,19-,20+/m0/s1. The fourth-order valence-corrected chi connectivity index (χ4v) is 3.96. The van der Waals surface area contributed by atoms with Gasteiger partial charge in [-0.15, -0.1) is 0 Å². The van der Waals surface area contributed by atoms with Crippen molar-refractivity contribution in [3.05, 3.63) is 90.5 Å². The van der Waals surface area contributed by atoms with Gasteiger partial charge in [0.05, 0.1) is 17.4 Å². The molecule has 2 aliphatic heterocycles. The van der Waals surface area contributed by atoms with Crippen LogP contribution in [0.25, 0.3) is 0 Å². The number of halogens is 1. The first-order valence-electron chi connectivity index (χ1n) is 9.19. The average molecular weight is 389 g/mol. The molecule has 1 aromatic heterocycles. The second-order valence-electron chi connectivity index (χ2n) is 6.93. The Morgan fingerprint density at radius 1 is 0.828 bits per heavy atom. The molecule has 144 valence electrons. The number of imide groups is 1. The molecule has 2 aromatic carbocycles. The van der Waals surface area contributed by atoms with Gasteiger partial charge in [0.25, 0.3) is 5.91 Å². The molecule has 3 atom stereocenters. The first-order chi connectivity index (χ1) is 14.1. The van der Waals surface area contributed by atoms with Gasteiger partial charge in [-0.3, -0.25) is 19.4 Å². The van der Waals surface area contributed by atoms with Gasteiger partial charge in [0.1, 0.15) is 11.7 Å². The van der Waals surface area contributed by atoms with Crippen LogP contribution in [0.3, 0.4) is 0 Å². The predicted octanol–water partition coefficient (Wildman–Crippen LogP) is 3.27. The van der Waals surface area contributed by atoms with Crippen molar-refractivity contribution in [1.82, 2.24) is 4.98 Å². The Morgan fingerprint density at radius 2 is 1.52 bits per heavy atom. The third kappa shape index (κ3) is 2.78. The molecule has 0 saturated carbocycles. The van der Waals surface area contributed by atoms with Crippen LogP contribution >= 0.6 is 0 Å². The molecule has 2 fully saturated rings. The van der Waals surface area contributed by atoms with Crippen LogP contribution in [0, 0.1) is 11.7 Å². The molecule has 0 bridgehead atoms. The summed E-state index contributed by atoms with van der Waals surface area (Å²) in [4.78, 5) is 37.6. The molecule has 3 aromatic rings. The van der Waals surface area contributed by atoms with E-state index in [0.717, 1.165) is 16.2 Å². The van der Waals surface area contributed by atoms with Crippen LogP contribution in [0.15, 0.2) is 79.1 Å². The fraction of sp³-hybridized carbons (Fsp3) is 0.136. The Hall–Kier alpha value is -3.58. The summed E-state index contributed by atoms with van der Waals surface area (Å²) < 4.78 is 13.3. The van der Waals surface area contributed by atoms with E-state index in [1.165, 1.54) is 24.3 Å². The zero-order valence-corrected chi connectivity index (χ0v) is 15.2. The van der Waals surface area contributed by atoms with Crippen molar-refractivity contribution in [2.45, 2.75) is 12.1 Å². The van der Waals surface area contributed by atoms with Gasteiger partial charge in [-0.05, 0) is 54.1 Å². The lowest BCUT2D eigenvalue weighted by atomic mass is 9.91. The van der Waals surface area contributed by atoms with Gasteiger partial charge in [-0.2, -0.15) is 0 Å². The number of fused-ring (bicyclic) bond motifs is 1. The summed E-state index contributed by atoms with van der Waals surface area (Å²) in [7, 11) is 0. The van der Waals surface area contributed by atoms with Crippen LogP contribution < -0.4 is 9.96 Å². The normalized spacial score (nSPS) is 23.6. The Bertz CT molecular complexity index is 1060. The summed E-state index contributed by atoms with van der Waals surface area (Å²) >= 11 is 0. The van der Waals surface area contributed by atoms with E-state index in [1.807, 2.05) is 42.5 Å². The van der Waals surface area contributed by atoms with Crippen LogP contribution in [0.1, 0.15) is 11.6 Å². The molecule has 7 heteroatoms. The van der Waals surface area contributed by atoms with Crippen molar-refractivity contribution in [2.75, 3.05) is 9.96 Å². The van der Waals surface area contributed by atoms with Crippen LogP contribution in [-0.4, -0.2) is 22.9 Å².